The summed E-state index contributed by atoms with van der Waals surface area (Å²) in [5.74, 6) is 0.0350. The minimum atomic E-state index is -0.329. The smallest absolute Gasteiger partial charge is 0.261 e. The lowest BCUT2D eigenvalue weighted by Gasteiger charge is -2.12. The number of carbonyl (C=O) groups is 1. The lowest BCUT2D eigenvalue weighted by molar-refractivity contribution is -0.116. The van der Waals surface area contributed by atoms with E-state index < -0.39 is 0 Å². The van der Waals surface area contributed by atoms with Gasteiger partial charge in [0.05, 0.1) is 30.5 Å². The zero-order valence-electron chi connectivity index (χ0n) is 15.8. The van der Waals surface area contributed by atoms with E-state index in [1.165, 1.54) is 29.3 Å². The summed E-state index contributed by atoms with van der Waals surface area (Å²) in [6.45, 7) is 0.331. The number of halogens is 1. The molecule has 0 unspecified atom stereocenters. The summed E-state index contributed by atoms with van der Waals surface area (Å²) in [5, 5.41) is 7.47. The number of rotatable bonds is 7. The third-order valence-electron chi connectivity index (χ3n) is 4.41. The molecule has 0 fully saturated rings. The number of hydrogen-bond acceptors (Lipinski definition) is 5. The highest BCUT2D eigenvalue weighted by atomic mass is 19.1. The monoisotopic (exact) mass is 407 g/mol. The first-order valence-electron chi connectivity index (χ1n) is 9.31. The molecule has 0 spiro atoms. The molecule has 0 saturated carbocycles. The molecule has 152 valence electrons. The number of hydrogen-bond donors (Lipinski definition) is 2. The summed E-state index contributed by atoms with van der Waals surface area (Å²) in [6, 6.07) is 12.9. The molecule has 4 rings (SSSR count). The number of fused-ring (bicyclic) bond motifs is 1. The Balaban J connectivity index is 1.41. The largest absolute Gasteiger partial charge is 0.494 e. The van der Waals surface area contributed by atoms with Gasteiger partial charge in [-0.15, -0.1) is 0 Å². The summed E-state index contributed by atoms with van der Waals surface area (Å²) in [4.78, 5) is 31.0. The fourth-order valence-corrected chi connectivity index (χ4v) is 2.96. The molecule has 2 aromatic heterocycles. The van der Waals surface area contributed by atoms with Crippen molar-refractivity contribution in [3.63, 3.8) is 0 Å². The van der Waals surface area contributed by atoms with Gasteiger partial charge < -0.3 is 15.0 Å². The minimum absolute atomic E-state index is 0.188. The number of anilines is 1. The first-order chi connectivity index (χ1) is 14.6. The first kappa shape index (κ1) is 19.3. The van der Waals surface area contributed by atoms with Crippen LogP contribution in [0, 0.1) is 5.82 Å². The number of nitrogens with one attached hydrogen (secondary N) is 2. The number of benzene rings is 2. The highest BCUT2D eigenvalue weighted by molar-refractivity contribution is 5.93. The van der Waals surface area contributed by atoms with E-state index in [1.54, 1.807) is 30.3 Å². The maximum absolute atomic E-state index is 12.9. The van der Waals surface area contributed by atoms with Crippen molar-refractivity contribution in [1.29, 1.82) is 0 Å². The van der Waals surface area contributed by atoms with Crippen molar-refractivity contribution in [2.24, 2.45) is 0 Å². The summed E-state index contributed by atoms with van der Waals surface area (Å²) >= 11 is 0. The molecule has 30 heavy (non-hydrogen) atoms. The molecule has 0 aliphatic rings. The second kappa shape index (κ2) is 8.56. The van der Waals surface area contributed by atoms with E-state index in [2.05, 4.69) is 20.4 Å². The van der Waals surface area contributed by atoms with Gasteiger partial charge in [-0.25, -0.2) is 14.1 Å². The Bertz CT molecular complexity index is 1230. The van der Waals surface area contributed by atoms with Crippen LogP contribution < -0.4 is 15.6 Å². The number of para-hydroxylation sites is 2. The molecule has 0 aliphatic heterocycles. The number of ether oxygens (including phenoxy) is 1. The van der Waals surface area contributed by atoms with Crippen molar-refractivity contribution in [2.75, 3.05) is 11.9 Å². The van der Waals surface area contributed by atoms with Crippen molar-refractivity contribution in [3.05, 3.63) is 77.2 Å². The SMILES string of the molecule is O=C(CCCOc1ccc(F)cc1)Nc1ccccc1-n1ncc2c(=O)[nH]cnc21. The van der Waals surface area contributed by atoms with Gasteiger partial charge in [0.1, 0.15) is 17.0 Å². The van der Waals surface area contributed by atoms with Crippen molar-refractivity contribution in [1.82, 2.24) is 19.7 Å². The van der Waals surface area contributed by atoms with Gasteiger partial charge in [-0.3, -0.25) is 9.59 Å². The van der Waals surface area contributed by atoms with Crippen LogP contribution in [0.5, 0.6) is 5.75 Å². The fourth-order valence-electron chi connectivity index (χ4n) is 2.96. The Labute approximate surface area is 170 Å². The van der Waals surface area contributed by atoms with Gasteiger partial charge in [-0.1, -0.05) is 12.1 Å². The Morgan fingerprint density at radius 3 is 2.80 bits per heavy atom. The van der Waals surface area contributed by atoms with Crippen LogP contribution in [0.1, 0.15) is 12.8 Å². The molecule has 0 radical (unpaired) electrons. The molecule has 1 amide bonds. The molecule has 2 aromatic carbocycles. The Hall–Kier alpha value is -4.01. The quantitative estimate of drug-likeness (QED) is 0.459. The Morgan fingerprint density at radius 1 is 1.17 bits per heavy atom. The van der Waals surface area contributed by atoms with Crippen LogP contribution in [0.25, 0.3) is 16.7 Å². The van der Waals surface area contributed by atoms with Crippen molar-refractivity contribution in [2.45, 2.75) is 12.8 Å². The third kappa shape index (κ3) is 4.19. The van der Waals surface area contributed by atoms with Crippen LogP contribution in [0.3, 0.4) is 0 Å². The zero-order valence-corrected chi connectivity index (χ0v) is 15.8. The van der Waals surface area contributed by atoms with E-state index in [0.717, 1.165) is 0 Å². The highest BCUT2D eigenvalue weighted by Crippen LogP contribution is 2.22. The molecule has 0 saturated heterocycles. The summed E-state index contributed by atoms with van der Waals surface area (Å²) < 4.78 is 19.9. The number of nitrogens with zero attached hydrogens (tertiary/aromatic N) is 3. The molecule has 2 heterocycles. The van der Waals surface area contributed by atoms with Gasteiger partial charge in [0.15, 0.2) is 5.65 Å². The number of aromatic amines is 1. The van der Waals surface area contributed by atoms with Crippen LogP contribution in [-0.4, -0.2) is 32.3 Å². The van der Waals surface area contributed by atoms with Crippen molar-refractivity contribution in [3.8, 4) is 11.4 Å². The average molecular weight is 407 g/mol. The van der Waals surface area contributed by atoms with E-state index >= 15 is 0 Å². The van der Waals surface area contributed by atoms with E-state index in [-0.39, 0.29) is 23.7 Å². The maximum Gasteiger partial charge on any atom is 0.261 e. The van der Waals surface area contributed by atoms with Gasteiger partial charge in [0.25, 0.3) is 5.56 Å². The van der Waals surface area contributed by atoms with Crippen LogP contribution in [0.4, 0.5) is 10.1 Å². The van der Waals surface area contributed by atoms with E-state index in [4.69, 9.17) is 4.74 Å². The second-order valence-corrected chi connectivity index (χ2v) is 6.50. The topological polar surface area (TPSA) is 102 Å². The van der Waals surface area contributed by atoms with Gasteiger partial charge in [-0.05, 0) is 42.8 Å². The van der Waals surface area contributed by atoms with Gasteiger partial charge in [0, 0.05) is 6.42 Å². The molecule has 4 aromatic rings. The predicted molar refractivity (Wildman–Crippen MR) is 109 cm³/mol. The van der Waals surface area contributed by atoms with Gasteiger partial charge in [0.2, 0.25) is 5.91 Å². The van der Waals surface area contributed by atoms with Crippen LogP contribution in [-0.2, 0) is 4.79 Å². The van der Waals surface area contributed by atoms with Crippen LogP contribution >= 0.6 is 0 Å². The maximum atomic E-state index is 12.9. The van der Waals surface area contributed by atoms with Gasteiger partial charge in [-0.2, -0.15) is 5.10 Å². The minimum Gasteiger partial charge on any atom is -0.494 e. The molecule has 9 heteroatoms. The molecule has 8 nitrogen and oxygen atoms in total. The third-order valence-corrected chi connectivity index (χ3v) is 4.41. The highest BCUT2D eigenvalue weighted by Gasteiger charge is 2.13. The molecule has 0 atom stereocenters. The van der Waals surface area contributed by atoms with E-state index in [0.29, 0.717) is 41.2 Å². The van der Waals surface area contributed by atoms with E-state index in [9.17, 15) is 14.0 Å². The second-order valence-electron chi connectivity index (χ2n) is 6.50. The molecular weight excluding hydrogens is 389 g/mol. The van der Waals surface area contributed by atoms with Crippen LogP contribution in [0.15, 0.2) is 65.8 Å². The molecule has 2 N–H and O–H groups in total. The van der Waals surface area contributed by atoms with Gasteiger partial charge >= 0.3 is 0 Å². The summed E-state index contributed by atoms with van der Waals surface area (Å²) in [5.41, 5.74) is 1.26. The molecule has 0 aliphatic carbocycles. The number of amides is 1. The lowest BCUT2D eigenvalue weighted by atomic mass is 10.2. The normalized spacial score (nSPS) is 10.8. The number of H-pyrrole nitrogens is 1. The zero-order chi connectivity index (χ0) is 20.9. The molecule has 0 bridgehead atoms. The standard InChI is InChI=1S/C21H18FN5O3/c22-14-7-9-15(10-8-14)30-11-3-6-19(28)26-17-4-1-2-5-18(17)27-20-16(12-25-27)21(29)24-13-23-20/h1-2,4-5,7-10,12-13H,3,6,11H2,(H,26,28)(H,23,24,29). The molecular formula is C21H18FN5O3. The number of carbonyl (C=O) groups excluding carboxylic acids is 1. The average Bonchev–Trinajstić information content (AvgIpc) is 3.18. The van der Waals surface area contributed by atoms with Crippen molar-refractivity contribution >= 4 is 22.6 Å². The first-order valence-corrected chi connectivity index (χ1v) is 9.31. The Morgan fingerprint density at radius 2 is 1.97 bits per heavy atom. The predicted octanol–water partition coefficient (Wildman–Crippen LogP) is 3.05. The van der Waals surface area contributed by atoms with Crippen LogP contribution in [0.2, 0.25) is 0 Å². The fraction of sp³-hybridized carbons (Fsp3) is 0.143. The summed E-state index contributed by atoms with van der Waals surface area (Å²) in [7, 11) is 0. The Kier molecular flexibility index (Phi) is 5.51. The summed E-state index contributed by atoms with van der Waals surface area (Å²) in [6.07, 6.45) is 3.48. The lowest BCUT2D eigenvalue weighted by Crippen LogP contribution is -2.15. The van der Waals surface area contributed by atoms with Crippen molar-refractivity contribution < 1.29 is 13.9 Å². The number of aromatic nitrogens is 4. The van der Waals surface area contributed by atoms with E-state index in [1.807, 2.05) is 6.07 Å².